The highest BCUT2D eigenvalue weighted by atomic mass is 32.1. The molecule has 7 heteroatoms. The minimum atomic E-state index is -0.0276. The summed E-state index contributed by atoms with van der Waals surface area (Å²) in [4.78, 5) is 19.3. The maximum atomic E-state index is 12.7. The molecule has 0 aliphatic carbocycles. The molecule has 23 heavy (non-hydrogen) atoms. The second kappa shape index (κ2) is 6.89. The zero-order valence-electron chi connectivity index (χ0n) is 13.0. The van der Waals surface area contributed by atoms with Crippen molar-refractivity contribution in [3.8, 4) is 0 Å². The van der Waals surface area contributed by atoms with Crippen molar-refractivity contribution in [3.63, 3.8) is 0 Å². The predicted molar refractivity (Wildman–Crippen MR) is 87.3 cm³/mol. The summed E-state index contributed by atoms with van der Waals surface area (Å²) in [6, 6.07) is 9.89. The smallest absolute Gasteiger partial charge is 0.264 e. The number of ether oxygens (including phenoxy) is 1. The highest BCUT2D eigenvalue weighted by molar-refractivity contribution is 7.20. The SMILES string of the molecule is CCN(Cc1nc(COC)no1)C(=O)c1cc2ccccc2s1. The summed E-state index contributed by atoms with van der Waals surface area (Å²) in [5, 5.41) is 4.89. The van der Waals surface area contributed by atoms with Crippen LogP contribution in [0.2, 0.25) is 0 Å². The van der Waals surface area contributed by atoms with Gasteiger partial charge in [-0.05, 0) is 24.4 Å². The molecule has 0 saturated carbocycles. The van der Waals surface area contributed by atoms with E-state index in [-0.39, 0.29) is 5.91 Å². The highest BCUT2D eigenvalue weighted by Gasteiger charge is 2.19. The van der Waals surface area contributed by atoms with E-state index in [1.54, 1.807) is 12.0 Å². The van der Waals surface area contributed by atoms with Gasteiger partial charge in [0.25, 0.3) is 5.91 Å². The molecular weight excluding hydrogens is 314 g/mol. The fourth-order valence-corrected chi connectivity index (χ4v) is 3.31. The third-order valence-corrected chi connectivity index (χ3v) is 4.52. The molecule has 0 radical (unpaired) electrons. The van der Waals surface area contributed by atoms with Crippen molar-refractivity contribution in [2.45, 2.75) is 20.1 Å². The Hall–Kier alpha value is -2.25. The molecular formula is C16H17N3O3S. The summed E-state index contributed by atoms with van der Waals surface area (Å²) in [5.41, 5.74) is 0. The topological polar surface area (TPSA) is 68.5 Å². The van der Waals surface area contributed by atoms with E-state index in [1.165, 1.54) is 11.3 Å². The molecule has 0 aliphatic rings. The molecule has 0 unspecified atom stereocenters. The first kappa shape index (κ1) is 15.6. The highest BCUT2D eigenvalue weighted by Crippen LogP contribution is 2.26. The van der Waals surface area contributed by atoms with E-state index in [0.717, 1.165) is 10.1 Å². The Kier molecular flexibility index (Phi) is 4.68. The van der Waals surface area contributed by atoms with Gasteiger partial charge in [0.15, 0.2) is 5.82 Å². The molecule has 0 aliphatic heterocycles. The van der Waals surface area contributed by atoms with Gasteiger partial charge in [-0.3, -0.25) is 4.79 Å². The molecule has 6 nitrogen and oxygen atoms in total. The lowest BCUT2D eigenvalue weighted by Gasteiger charge is -2.17. The predicted octanol–water partition coefficient (Wildman–Crippen LogP) is 3.09. The molecule has 120 valence electrons. The summed E-state index contributed by atoms with van der Waals surface area (Å²) in [5.74, 6) is 0.862. The molecule has 0 spiro atoms. The summed E-state index contributed by atoms with van der Waals surface area (Å²) < 4.78 is 11.2. The number of thiophene rings is 1. The first-order valence-electron chi connectivity index (χ1n) is 7.29. The van der Waals surface area contributed by atoms with Crippen LogP contribution in [0.25, 0.3) is 10.1 Å². The van der Waals surface area contributed by atoms with Gasteiger partial charge in [-0.1, -0.05) is 23.4 Å². The van der Waals surface area contributed by atoms with Crippen LogP contribution in [0.5, 0.6) is 0 Å². The van der Waals surface area contributed by atoms with Gasteiger partial charge < -0.3 is 14.2 Å². The van der Waals surface area contributed by atoms with Crippen molar-refractivity contribution in [1.29, 1.82) is 0 Å². The van der Waals surface area contributed by atoms with Crippen LogP contribution in [0.15, 0.2) is 34.9 Å². The Morgan fingerprint density at radius 1 is 1.39 bits per heavy atom. The molecule has 0 atom stereocenters. The Bertz CT molecular complexity index is 779. The Morgan fingerprint density at radius 2 is 2.22 bits per heavy atom. The lowest BCUT2D eigenvalue weighted by atomic mass is 10.2. The van der Waals surface area contributed by atoms with Crippen LogP contribution in [0.3, 0.4) is 0 Å². The van der Waals surface area contributed by atoms with Gasteiger partial charge in [0.1, 0.15) is 13.2 Å². The lowest BCUT2D eigenvalue weighted by molar-refractivity contribution is 0.0739. The molecule has 3 rings (SSSR count). The molecule has 0 fully saturated rings. The maximum Gasteiger partial charge on any atom is 0.264 e. The number of fused-ring (bicyclic) bond motifs is 1. The van der Waals surface area contributed by atoms with Gasteiger partial charge in [0.2, 0.25) is 5.89 Å². The van der Waals surface area contributed by atoms with Gasteiger partial charge >= 0.3 is 0 Å². The van der Waals surface area contributed by atoms with E-state index in [9.17, 15) is 4.79 Å². The first-order chi connectivity index (χ1) is 11.2. The maximum absolute atomic E-state index is 12.7. The van der Waals surface area contributed by atoms with Crippen molar-refractivity contribution < 1.29 is 14.1 Å². The molecule has 1 aromatic carbocycles. The second-order valence-corrected chi connectivity index (χ2v) is 6.09. The van der Waals surface area contributed by atoms with Crippen molar-refractivity contribution in [2.75, 3.05) is 13.7 Å². The minimum absolute atomic E-state index is 0.0276. The number of benzene rings is 1. The third-order valence-electron chi connectivity index (χ3n) is 3.41. The zero-order chi connectivity index (χ0) is 16.2. The van der Waals surface area contributed by atoms with Crippen LogP contribution < -0.4 is 0 Å². The fourth-order valence-electron chi connectivity index (χ4n) is 2.28. The number of nitrogens with zero attached hydrogens (tertiary/aromatic N) is 3. The van der Waals surface area contributed by atoms with Crippen LogP contribution in [0, 0.1) is 0 Å². The average Bonchev–Trinajstić information content (AvgIpc) is 3.18. The van der Waals surface area contributed by atoms with E-state index < -0.39 is 0 Å². The summed E-state index contributed by atoms with van der Waals surface area (Å²) in [6.07, 6.45) is 0. The van der Waals surface area contributed by atoms with Gasteiger partial charge in [0, 0.05) is 18.4 Å². The van der Waals surface area contributed by atoms with E-state index in [0.29, 0.717) is 36.3 Å². The third kappa shape index (κ3) is 3.40. The summed E-state index contributed by atoms with van der Waals surface area (Å²) >= 11 is 1.50. The largest absolute Gasteiger partial charge is 0.377 e. The number of amides is 1. The Balaban J connectivity index is 1.77. The quantitative estimate of drug-likeness (QED) is 0.694. The summed E-state index contributed by atoms with van der Waals surface area (Å²) in [7, 11) is 1.57. The van der Waals surface area contributed by atoms with Crippen LogP contribution >= 0.6 is 11.3 Å². The van der Waals surface area contributed by atoms with Crippen molar-refractivity contribution in [1.82, 2.24) is 15.0 Å². The van der Waals surface area contributed by atoms with Crippen LogP contribution in [0.1, 0.15) is 28.3 Å². The van der Waals surface area contributed by atoms with Crippen LogP contribution in [-0.2, 0) is 17.9 Å². The van der Waals surface area contributed by atoms with Crippen molar-refractivity contribution in [2.24, 2.45) is 0 Å². The number of hydrogen-bond donors (Lipinski definition) is 0. The van der Waals surface area contributed by atoms with Crippen molar-refractivity contribution in [3.05, 3.63) is 46.9 Å². The summed E-state index contributed by atoms with van der Waals surface area (Å²) in [6.45, 7) is 3.08. The lowest BCUT2D eigenvalue weighted by Crippen LogP contribution is -2.29. The van der Waals surface area contributed by atoms with Gasteiger partial charge in [0.05, 0.1) is 4.88 Å². The van der Waals surface area contributed by atoms with Crippen molar-refractivity contribution >= 4 is 27.3 Å². The van der Waals surface area contributed by atoms with Gasteiger partial charge in [-0.2, -0.15) is 4.98 Å². The van der Waals surface area contributed by atoms with E-state index in [2.05, 4.69) is 10.1 Å². The fraction of sp³-hybridized carbons (Fsp3) is 0.312. The molecule has 0 saturated heterocycles. The number of carbonyl (C=O) groups is 1. The number of hydrogen-bond acceptors (Lipinski definition) is 6. The molecule has 3 aromatic rings. The molecule has 1 amide bonds. The number of aromatic nitrogens is 2. The second-order valence-electron chi connectivity index (χ2n) is 5.01. The normalized spacial score (nSPS) is 11.0. The van der Waals surface area contributed by atoms with E-state index in [4.69, 9.17) is 9.26 Å². The monoisotopic (exact) mass is 331 g/mol. The molecule has 0 N–H and O–H groups in total. The Labute approximate surface area is 137 Å². The first-order valence-corrected chi connectivity index (χ1v) is 8.11. The van der Waals surface area contributed by atoms with E-state index >= 15 is 0 Å². The standard InChI is InChI=1S/C16H17N3O3S/c1-3-19(9-15-17-14(10-21-2)18-22-15)16(20)13-8-11-6-4-5-7-12(11)23-13/h4-8H,3,9-10H2,1-2H3. The van der Waals surface area contributed by atoms with E-state index in [1.807, 2.05) is 37.3 Å². The van der Waals surface area contributed by atoms with Crippen LogP contribution in [0.4, 0.5) is 0 Å². The van der Waals surface area contributed by atoms with Gasteiger partial charge in [-0.25, -0.2) is 0 Å². The number of carbonyl (C=O) groups excluding carboxylic acids is 1. The minimum Gasteiger partial charge on any atom is -0.377 e. The number of methoxy groups -OCH3 is 1. The molecule has 2 heterocycles. The average molecular weight is 331 g/mol. The zero-order valence-corrected chi connectivity index (χ0v) is 13.8. The van der Waals surface area contributed by atoms with Crippen LogP contribution in [-0.4, -0.2) is 34.6 Å². The number of rotatable bonds is 6. The Morgan fingerprint density at radius 3 is 2.96 bits per heavy atom. The molecule has 2 aromatic heterocycles. The van der Waals surface area contributed by atoms with Gasteiger partial charge in [-0.15, -0.1) is 11.3 Å². The molecule has 0 bridgehead atoms.